The van der Waals surface area contributed by atoms with Gasteiger partial charge in [-0.3, -0.25) is 9.69 Å². The zero-order chi connectivity index (χ0) is 22.5. The minimum atomic E-state index is -0.218. The fourth-order valence-corrected chi connectivity index (χ4v) is 3.96. The lowest BCUT2D eigenvalue weighted by atomic mass is 10.0. The Morgan fingerprint density at radius 3 is 2.62 bits per heavy atom. The van der Waals surface area contributed by atoms with Gasteiger partial charge >= 0.3 is 6.03 Å². The van der Waals surface area contributed by atoms with Crippen LogP contribution >= 0.6 is 0 Å². The number of para-hydroxylation sites is 1. The summed E-state index contributed by atoms with van der Waals surface area (Å²) < 4.78 is 5.42. The van der Waals surface area contributed by atoms with Gasteiger partial charge in [0, 0.05) is 37.4 Å². The second-order valence-electron chi connectivity index (χ2n) is 8.27. The van der Waals surface area contributed by atoms with E-state index in [1.54, 1.807) is 4.90 Å². The number of urea groups is 1. The molecule has 168 valence electrons. The first-order chi connectivity index (χ1) is 15.5. The maximum absolute atomic E-state index is 13.1. The number of aryl methyl sites for hydroxylation is 2. The summed E-state index contributed by atoms with van der Waals surface area (Å²) in [6, 6.07) is 15.1. The van der Waals surface area contributed by atoms with Crippen LogP contribution in [0, 0.1) is 13.8 Å². The summed E-state index contributed by atoms with van der Waals surface area (Å²) in [5, 5.41) is 3.93. The van der Waals surface area contributed by atoms with E-state index in [4.69, 9.17) is 4.74 Å². The van der Waals surface area contributed by atoms with Gasteiger partial charge in [0.2, 0.25) is 0 Å². The van der Waals surface area contributed by atoms with Gasteiger partial charge in [-0.1, -0.05) is 30.3 Å². The van der Waals surface area contributed by atoms with E-state index in [2.05, 4.69) is 21.3 Å². The highest BCUT2D eigenvalue weighted by molar-refractivity contribution is 5.89. The number of pyridine rings is 1. The Bertz CT molecular complexity index is 1140. The van der Waals surface area contributed by atoms with Crippen molar-refractivity contribution in [1.29, 1.82) is 0 Å². The van der Waals surface area contributed by atoms with Crippen LogP contribution in [0.5, 0.6) is 0 Å². The van der Waals surface area contributed by atoms with Gasteiger partial charge in [-0.05, 0) is 48.6 Å². The van der Waals surface area contributed by atoms with Crippen LogP contribution in [-0.4, -0.2) is 60.2 Å². The monoisotopic (exact) mass is 434 g/mol. The maximum Gasteiger partial charge on any atom is 0.322 e. The lowest BCUT2D eigenvalue weighted by Crippen LogP contribution is -2.44. The number of nitrogens with one attached hydrogen (secondary N) is 2. The third-order valence-corrected chi connectivity index (χ3v) is 6.09. The van der Waals surface area contributed by atoms with Crippen LogP contribution in [0.15, 0.2) is 53.3 Å². The summed E-state index contributed by atoms with van der Waals surface area (Å²) in [5.41, 5.74) is 4.20. The Labute approximate surface area is 188 Å². The van der Waals surface area contributed by atoms with Crippen molar-refractivity contribution < 1.29 is 9.53 Å². The number of anilines is 1. The second kappa shape index (κ2) is 9.97. The van der Waals surface area contributed by atoms with E-state index in [1.165, 1.54) is 0 Å². The number of ether oxygens (including phenoxy) is 1. The second-order valence-corrected chi connectivity index (χ2v) is 8.27. The molecule has 2 N–H and O–H groups in total. The number of rotatable bonds is 6. The number of aromatic amines is 1. The molecule has 0 unspecified atom stereocenters. The Morgan fingerprint density at radius 2 is 1.88 bits per heavy atom. The van der Waals surface area contributed by atoms with Gasteiger partial charge in [0.25, 0.3) is 5.56 Å². The van der Waals surface area contributed by atoms with Crippen LogP contribution in [0.1, 0.15) is 16.7 Å². The number of nitrogens with zero attached hydrogens (tertiary/aromatic N) is 2. The molecular formula is C25H30N4O3. The lowest BCUT2D eigenvalue weighted by Gasteiger charge is -2.30. The molecule has 3 aromatic rings. The molecule has 2 heterocycles. The first kappa shape index (κ1) is 22.0. The first-order valence-corrected chi connectivity index (χ1v) is 11.0. The van der Waals surface area contributed by atoms with E-state index in [0.717, 1.165) is 47.4 Å². The van der Waals surface area contributed by atoms with Gasteiger partial charge in [0.15, 0.2) is 0 Å². The van der Waals surface area contributed by atoms with Gasteiger partial charge < -0.3 is 19.9 Å². The van der Waals surface area contributed by atoms with Crippen molar-refractivity contribution in [2.45, 2.75) is 20.4 Å². The molecular weight excluding hydrogens is 404 g/mol. The number of hydrogen-bond acceptors (Lipinski definition) is 4. The maximum atomic E-state index is 13.1. The number of amides is 2. The average Bonchev–Trinajstić information content (AvgIpc) is 2.81. The fraction of sp³-hybridized carbons (Fsp3) is 0.360. The van der Waals surface area contributed by atoms with Crippen LogP contribution in [0.25, 0.3) is 10.9 Å². The molecule has 0 aliphatic carbocycles. The highest BCUT2D eigenvalue weighted by Crippen LogP contribution is 2.19. The fourth-order valence-electron chi connectivity index (χ4n) is 3.96. The molecule has 7 heteroatoms. The van der Waals surface area contributed by atoms with Crippen LogP contribution in [0.4, 0.5) is 10.5 Å². The summed E-state index contributed by atoms with van der Waals surface area (Å²) in [5.74, 6) is 0. The quantitative estimate of drug-likeness (QED) is 0.622. The summed E-state index contributed by atoms with van der Waals surface area (Å²) in [6.45, 7) is 8.64. The molecule has 32 heavy (non-hydrogen) atoms. The van der Waals surface area contributed by atoms with Gasteiger partial charge in [0.1, 0.15) is 0 Å². The zero-order valence-corrected chi connectivity index (χ0v) is 18.7. The Kier molecular flexibility index (Phi) is 6.87. The molecule has 0 atom stereocenters. The first-order valence-electron chi connectivity index (χ1n) is 11.0. The van der Waals surface area contributed by atoms with E-state index >= 15 is 0 Å². The lowest BCUT2D eigenvalue weighted by molar-refractivity contribution is 0.0349. The van der Waals surface area contributed by atoms with Gasteiger partial charge in [-0.25, -0.2) is 4.79 Å². The number of benzene rings is 2. The van der Waals surface area contributed by atoms with Crippen LogP contribution in [0.2, 0.25) is 0 Å². The van der Waals surface area contributed by atoms with Gasteiger partial charge in [0.05, 0.1) is 25.3 Å². The third kappa shape index (κ3) is 5.18. The Morgan fingerprint density at radius 1 is 1.12 bits per heavy atom. The van der Waals surface area contributed by atoms with Crippen molar-refractivity contribution in [1.82, 2.24) is 14.8 Å². The SMILES string of the molecule is Cc1ccc2cc(CN(CCN3CCOCC3)C(=O)Nc3ccccc3)c(=O)[nH]c2c1C. The molecule has 7 nitrogen and oxygen atoms in total. The molecule has 1 fully saturated rings. The van der Waals surface area contributed by atoms with Gasteiger partial charge in [-0.15, -0.1) is 0 Å². The molecule has 2 aromatic carbocycles. The number of carbonyl (C=O) groups excluding carboxylic acids is 1. The van der Waals surface area contributed by atoms with E-state index in [1.807, 2.05) is 56.3 Å². The van der Waals surface area contributed by atoms with E-state index in [9.17, 15) is 9.59 Å². The number of H-pyrrole nitrogens is 1. The van der Waals surface area contributed by atoms with Crippen LogP contribution < -0.4 is 10.9 Å². The number of fused-ring (bicyclic) bond motifs is 1. The molecule has 2 amide bonds. The van der Waals surface area contributed by atoms with Crippen molar-refractivity contribution >= 4 is 22.6 Å². The van der Waals surface area contributed by atoms with Crippen molar-refractivity contribution in [3.8, 4) is 0 Å². The summed E-state index contributed by atoms with van der Waals surface area (Å²) >= 11 is 0. The van der Waals surface area contributed by atoms with E-state index in [0.29, 0.717) is 25.3 Å². The summed E-state index contributed by atoms with van der Waals surface area (Å²) in [7, 11) is 0. The minimum absolute atomic E-state index is 0.157. The topological polar surface area (TPSA) is 77.7 Å². The molecule has 1 aliphatic heterocycles. The van der Waals surface area contributed by atoms with Crippen molar-refractivity contribution in [3.05, 3.63) is 75.6 Å². The zero-order valence-electron chi connectivity index (χ0n) is 18.7. The van der Waals surface area contributed by atoms with Crippen molar-refractivity contribution in [3.63, 3.8) is 0 Å². The smallest absolute Gasteiger partial charge is 0.322 e. The molecule has 1 aliphatic rings. The Hall–Kier alpha value is -3.16. The van der Waals surface area contributed by atoms with Crippen molar-refractivity contribution in [2.75, 3.05) is 44.7 Å². The number of morpholine rings is 1. The molecule has 1 aromatic heterocycles. The molecule has 1 saturated heterocycles. The summed E-state index contributed by atoms with van der Waals surface area (Å²) in [4.78, 5) is 33.0. The minimum Gasteiger partial charge on any atom is -0.379 e. The van der Waals surface area contributed by atoms with Crippen LogP contribution in [0.3, 0.4) is 0 Å². The summed E-state index contributed by atoms with van der Waals surface area (Å²) in [6.07, 6.45) is 0. The number of hydrogen-bond donors (Lipinski definition) is 2. The molecule has 0 saturated carbocycles. The molecule has 0 bridgehead atoms. The highest BCUT2D eigenvalue weighted by atomic mass is 16.5. The third-order valence-electron chi connectivity index (χ3n) is 6.09. The molecule has 0 radical (unpaired) electrons. The number of aromatic nitrogens is 1. The standard InChI is InChI=1S/C25H30N4O3/c1-18-8-9-20-16-21(24(30)27-23(20)19(18)2)17-29(11-10-28-12-14-32-15-13-28)25(31)26-22-6-4-3-5-7-22/h3-9,16H,10-15,17H2,1-2H3,(H,26,31)(H,27,30). The molecule has 4 rings (SSSR count). The van der Waals surface area contributed by atoms with Crippen LogP contribution in [-0.2, 0) is 11.3 Å². The largest absolute Gasteiger partial charge is 0.379 e. The molecule has 0 spiro atoms. The normalized spacial score (nSPS) is 14.4. The average molecular weight is 435 g/mol. The van der Waals surface area contributed by atoms with Gasteiger partial charge in [-0.2, -0.15) is 0 Å². The number of carbonyl (C=O) groups is 1. The van der Waals surface area contributed by atoms with E-state index in [-0.39, 0.29) is 18.1 Å². The Balaban J connectivity index is 1.57. The van der Waals surface area contributed by atoms with E-state index < -0.39 is 0 Å². The predicted molar refractivity (Wildman–Crippen MR) is 127 cm³/mol. The predicted octanol–water partition coefficient (Wildman–Crippen LogP) is 3.51. The highest BCUT2D eigenvalue weighted by Gasteiger charge is 2.19. The van der Waals surface area contributed by atoms with Crippen molar-refractivity contribution in [2.24, 2.45) is 0 Å².